The smallest absolute Gasteiger partial charge is 0.249 e. The monoisotopic (exact) mass is 376 g/mol. The van der Waals surface area contributed by atoms with Crippen LogP contribution in [0.5, 0.6) is 0 Å². The second-order valence-corrected chi connectivity index (χ2v) is 7.57. The van der Waals surface area contributed by atoms with Gasteiger partial charge in [0.15, 0.2) is 0 Å². The summed E-state index contributed by atoms with van der Waals surface area (Å²) in [4.78, 5) is 21.6. The molecule has 2 unspecified atom stereocenters. The molecule has 0 radical (unpaired) electrons. The van der Waals surface area contributed by atoms with Gasteiger partial charge >= 0.3 is 0 Å². The SMILES string of the molecule is CC(C)C(NC(=O)C1CCCc2ccccc21)c1nc(-c2ccncc2)no1. The Morgan fingerprint density at radius 3 is 2.75 bits per heavy atom. The summed E-state index contributed by atoms with van der Waals surface area (Å²) in [5.41, 5.74) is 3.24. The lowest BCUT2D eigenvalue weighted by molar-refractivity contribution is -0.124. The van der Waals surface area contributed by atoms with Crippen molar-refractivity contribution in [1.82, 2.24) is 20.4 Å². The number of hydrogen-bond donors (Lipinski definition) is 1. The van der Waals surface area contributed by atoms with Crippen LogP contribution < -0.4 is 5.32 Å². The van der Waals surface area contributed by atoms with Crippen LogP contribution in [0.1, 0.15) is 55.7 Å². The predicted molar refractivity (Wildman–Crippen MR) is 105 cm³/mol. The molecule has 2 heterocycles. The highest BCUT2D eigenvalue weighted by molar-refractivity contribution is 5.84. The lowest BCUT2D eigenvalue weighted by Crippen LogP contribution is -2.36. The normalized spacial score (nSPS) is 17.2. The van der Waals surface area contributed by atoms with Crippen molar-refractivity contribution in [3.05, 3.63) is 65.8 Å². The maximum absolute atomic E-state index is 13.1. The summed E-state index contributed by atoms with van der Waals surface area (Å²) in [5, 5.41) is 7.24. The number of carbonyl (C=O) groups is 1. The molecular weight excluding hydrogens is 352 g/mol. The minimum atomic E-state index is -0.329. The Balaban J connectivity index is 1.55. The predicted octanol–water partition coefficient (Wildman–Crippen LogP) is 4.07. The molecule has 4 rings (SSSR count). The number of aromatic nitrogens is 3. The maximum atomic E-state index is 13.1. The first-order chi connectivity index (χ1) is 13.6. The summed E-state index contributed by atoms with van der Waals surface area (Å²) in [5.74, 6) is 0.941. The number of carbonyl (C=O) groups excluding carboxylic acids is 1. The third-order valence-corrected chi connectivity index (χ3v) is 5.30. The second-order valence-electron chi connectivity index (χ2n) is 7.57. The highest BCUT2D eigenvalue weighted by Crippen LogP contribution is 2.33. The fourth-order valence-electron chi connectivity index (χ4n) is 3.77. The van der Waals surface area contributed by atoms with Crippen molar-refractivity contribution in [3.63, 3.8) is 0 Å². The molecule has 1 aromatic carbocycles. The van der Waals surface area contributed by atoms with E-state index in [2.05, 4.69) is 32.6 Å². The van der Waals surface area contributed by atoms with Gasteiger partial charge in [0.2, 0.25) is 17.6 Å². The largest absolute Gasteiger partial charge is 0.344 e. The maximum Gasteiger partial charge on any atom is 0.249 e. The minimum absolute atomic E-state index is 0.0227. The van der Waals surface area contributed by atoms with Gasteiger partial charge in [0.05, 0.1) is 5.92 Å². The van der Waals surface area contributed by atoms with E-state index in [1.54, 1.807) is 12.4 Å². The van der Waals surface area contributed by atoms with Gasteiger partial charge < -0.3 is 9.84 Å². The molecule has 1 N–H and O–H groups in total. The van der Waals surface area contributed by atoms with E-state index in [4.69, 9.17) is 4.52 Å². The first kappa shape index (κ1) is 18.3. The number of nitrogens with one attached hydrogen (secondary N) is 1. The van der Waals surface area contributed by atoms with Crippen LogP contribution >= 0.6 is 0 Å². The zero-order valence-corrected chi connectivity index (χ0v) is 16.1. The van der Waals surface area contributed by atoms with Crippen molar-refractivity contribution in [2.75, 3.05) is 0 Å². The molecular formula is C22H24N4O2. The Hall–Kier alpha value is -3.02. The van der Waals surface area contributed by atoms with Crippen LogP contribution in [0.15, 0.2) is 53.3 Å². The van der Waals surface area contributed by atoms with Crippen LogP contribution in [-0.4, -0.2) is 21.0 Å². The van der Waals surface area contributed by atoms with E-state index >= 15 is 0 Å². The summed E-state index contributed by atoms with van der Waals surface area (Å²) in [7, 11) is 0. The van der Waals surface area contributed by atoms with Crippen LogP contribution in [-0.2, 0) is 11.2 Å². The van der Waals surface area contributed by atoms with Crippen molar-refractivity contribution in [1.29, 1.82) is 0 Å². The first-order valence-electron chi connectivity index (χ1n) is 9.75. The molecule has 0 saturated carbocycles. The number of hydrogen-bond acceptors (Lipinski definition) is 5. The Labute approximate surface area is 164 Å². The van der Waals surface area contributed by atoms with Gasteiger partial charge in [-0.25, -0.2) is 0 Å². The number of benzene rings is 1. The summed E-state index contributed by atoms with van der Waals surface area (Å²) in [6, 6.07) is 11.6. The van der Waals surface area contributed by atoms with Crippen LogP contribution in [0.3, 0.4) is 0 Å². The Morgan fingerprint density at radius 1 is 1.18 bits per heavy atom. The van der Waals surface area contributed by atoms with E-state index in [1.165, 1.54) is 5.56 Å². The highest BCUT2D eigenvalue weighted by atomic mass is 16.5. The number of nitrogens with zero attached hydrogens (tertiary/aromatic N) is 3. The van der Waals surface area contributed by atoms with Crippen LogP contribution in [0.25, 0.3) is 11.4 Å². The lowest BCUT2D eigenvalue weighted by Gasteiger charge is -2.27. The van der Waals surface area contributed by atoms with Gasteiger partial charge in [0, 0.05) is 18.0 Å². The van der Waals surface area contributed by atoms with Gasteiger partial charge in [0.1, 0.15) is 6.04 Å². The zero-order valence-electron chi connectivity index (χ0n) is 16.1. The topological polar surface area (TPSA) is 80.9 Å². The Bertz CT molecular complexity index is 952. The first-order valence-corrected chi connectivity index (χ1v) is 9.75. The highest BCUT2D eigenvalue weighted by Gasteiger charge is 2.31. The van der Waals surface area contributed by atoms with E-state index in [1.807, 2.05) is 38.1 Å². The van der Waals surface area contributed by atoms with Gasteiger partial charge in [-0.15, -0.1) is 0 Å². The molecule has 2 atom stereocenters. The number of amides is 1. The van der Waals surface area contributed by atoms with Gasteiger partial charge in [-0.05, 0) is 48.4 Å². The van der Waals surface area contributed by atoms with Gasteiger partial charge in [-0.3, -0.25) is 9.78 Å². The summed E-state index contributed by atoms with van der Waals surface area (Å²) in [6.07, 6.45) is 6.29. The van der Waals surface area contributed by atoms with Crippen LogP contribution in [0.4, 0.5) is 0 Å². The molecule has 3 aromatic rings. The molecule has 0 aliphatic heterocycles. The molecule has 28 heavy (non-hydrogen) atoms. The van der Waals surface area contributed by atoms with Crippen molar-refractivity contribution in [2.45, 2.75) is 45.1 Å². The van der Waals surface area contributed by atoms with E-state index in [9.17, 15) is 4.79 Å². The van der Waals surface area contributed by atoms with E-state index < -0.39 is 0 Å². The fourth-order valence-corrected chi connectivity index (χ4v) is 3.77. The fraction of sp³-hybridized carbons (Fsp3) is 0.364. The average molecular weight is 376 g/mol. The quantitative estimate of drug-likeness (QED) is 0.726. The number of rotatable bonds is 5. The summed E-state index contributed by atoms with van der Waals surface area (Å²) in [6.45, 7) is 4.08. The average Bonchev–Trinajstić information content (AvgIpc) is 3.21. The van der Waals surface area contributed by atoms with Gasteiger partial charge in [0.25, 0.3) is 0 Å². The van der Waals surface area contributed by atoms with Crippen LogP contribution in [0.2, 0.25) is 0 Å². The standard InChI is InChI=1S/C22H24N4O2/c1-14(2)19(22-25-20(26-28-22)16-10-12-23-13-11-16)24-21(27)18-9-5-7-15-6-3-4-8-17(15)18/h3-4,6,8,10-14,18-19H,5,7,9H2,1-2H3,(H,24,27). The molecule has 1 aliphatic carbocycles. The molecule has 0 bridgehead atoms. The van der Waals surface area contributed by atoms with E-state index in [0.29, 0.717) is 11.7 Å². The number of fused-ring (bicyclic) bond motifs is 1. The summed E-state index contributed by atoms with van der Waals surface area (Å²) < 4.78 is 5.50. The van der Waals surface area contributed by atoms with Crippen molar-refractivity contribution in [2.24, 2.45) is 5.92 Å². The Morgan fingerprint density at radius 2 is 1.96 bits per heavy atom. The molecule has 0 fully saturated rings. The van der Waals surface area contributed by atoms with Gasteiger partial charge in [-0.1, -0.05) is 43.3 Å². The van der Waals surface area contributed by atoms with Crippen molar-refractivity contribution in [3.8, 4) is 11.4 Å². The van der Waals surface area contributed by atoms with E-state index in [-0.39, 0.29) is 23.8 Å². The van der Waals surface area contributed by atoms with Gasteiger partial charge in [-0.2, -0.15) is 4.98 Å². The molecule has 0 spiro atoms. The molecule has 144 valence electrons. The number of aryl methyl sites for hydroxylation is 1. The molecule has 1 aliphatic rings. The minimum Gasteiger partial charge on any atom is -0.344 e. The third kappa shape index (κ3) is 3.67. The third-order valence-electron chi connectivity index (χ3n) is 5.30. The number of pyridine rings is 1. The zero-order chi connectivity index (χ0) is 19.5. The molecule has 6 nitrogen and oxygen atoms in total. The van der Waals surface area contributed by atoms with Crippen LogP contribution in [0, 0.1) is 5.92 Å². The summed E-state index contributed by atoms with van der Waals surface area (Å²) >= 11 is 0. The molecule has 1 amide bonds. The Kier molecular flexibility index (Phi) is 5.19. The van der Waals surface area contributed by atoms with Crippen molar-refractivity contribution >= 4 is 5.91 Å². The second kappa shape index (κ2) is 7.92. The van der Waals surface area contributed by atoms with Crippen molar-refractivity contribution < 1.29 is 9.32 Å². The molecule has 6 heteroatoms. The molecule has 0 saturated heterocycles. The molecule has 2 aromatic heterocycles. The lowest BCUT2D eigenvalue weighted by atomic mass is 9.82. The van der Waals surface area contributed by atoms with E-state index in [0.717, 1.165) is 30.4 Å².